The Morgan fingerprint density at radius 3 is 2.52 bits per heavy atom. The van der Waals surface area contributed by atoms with Crippen molar-refractivity contribution in [3.63, 3.8) is 0 Å². The molecule has 0 unspecified atom stereocenters. The van der Waals surface area contributed by atoms with Crippen molar-refractivity contribution in [2.75, 3.05) is 5.73 Å². The minimum atomic E-state index is -0.308. The van der Waals surface area contributed by atoms with Crippen LogP contribution in [0.2, 0.25) is 0 Å². The SMILES string of the molecule is Cc1cc(C)cc(COC(=O)c2cc(N)cn2C2CC2)c1. The predicted molar refractivity (Wildman–Crippen MR) is 82.2 cm³/mol. The van der Waals surface area contributed by atoms with Crippen LogP contribution < -0.4 is 5.73 Å². The molecule has 3 rings (SSSR count). The van der Waals surface area contributed by atoms with Gasteiger partial charge < -0.3 is 15.0 Å². The van der Waals surface area contributed by atoms with E-state index in [1.807, 2.05) is 36.7 Å². The van der Waals surface area contributed by atoms with E-state index in [0.717, 1.165) is 18.4 Å². The number of benzene rings is 1. The minimum absolute atomic E-state index is 0.289. The minimum Gasteiger partial charge on any atom is -0.456 e. The van der Waals surface area contributed by atoms with E-state index in [1.165, 1.54) is 11.1 Å². The van der Waals surface area contributed by atoms with Crippen LogP contribution in [0.1, 0.15) is 46.1 Å². The van der Waals surface area contributed by atoms with Crippen LogP contribution in [0.5, 0.6) is 0 Å². The average molecular weight is 284 g/mol. The number of ether oxygens (including phenoxy) is 1. The molecule has 1 heterocycles. The van der Waals surface area contributed by atoms with Crippen LogP contribution in [0.4, 0.5) is 5.69 Å². The van der Waals surface area contributed by atoms with Crippen molar-refractivity contribution >= 4 is 11.7 Å². The largest absolute Gasteiger partial charge is 0.456 e. The topological polar surface area (TPSA) is 57.2 Å². The summed E-state index contributed by atoms with van der Waals surface area (Å²) in [6, 6.07) is 8.28. The predicted octanol–water partition coefficient (Wildman–Crippen LogP) is 3.38. The third-order valence-corrected chi connectivity index (χ3v) is 3.67. The highest BCUT2D eigenvalue weighted by molar-refractivity contribution is 5.89. The van der Waals surface area contributed by atoms with Gasteiger partial charge in [-0.25, -0.2) is 4.79 Å². The van der Waals surface area contributed by atoms with Crippen LogP contribution in [0.15, 0.2) is 30.5 Å². The number of carbonyl (C=O) groups is 1. The molecule has 4 heteroatoms. The third-order valence-electron chi connectivity index (χ3n) is 3.67. The number of hydrogen-bond donors (Lipinski definition) is 1. The number of rotatable bonds is 4. The second-order valence-corrected chi connectivity index (χ2v) is 5.87. The summed E-state index contributed by atoms with van der Waals surface area (Å²) in [4.78, 5) is 12.3. The van der Waals surface area contributed by atoms with Gasteiger partial charge in [-0.05, 0) is 38.3 Å². The van der Waals surface area contributed by atoms with Crippen LogP contribution in [0.3, 0.4) is 0 Å². The number of nitrogens with two attached hydrogens (primary N) is 1. The van der Waals surface area contributed by atoms with Gasteiger partial charge in [0.15, 0.2) is 0 Å². The molecular formula is C17H20N2O2. The maximum absolute atomic E-state index is 12.3. The van der Waals surface area contributed by atoms with E-state index in [1.54, 1.807) is 6.07 Å². The van der Waals surface area contributed by atoms with E-state index in [2.05, 4.69) is 6.07 Å². The quantitative estimate of drug-likeness (QED) is 0.876. The van der Waals surface area contributed by atoms with Crippen molar-refractivity contribution in [2.24, 2.45) is 0 Å². The first-order valence-corrected chi connectivity index (χ1v) is 7.24. The van der Waals surface area contributed by atoms with Crippen molar-refractivity contribution in [1.82, 2.24) is 4.57 Å². The first-order chi connectivity index (χ1) is 10.0. The van der Waals surface area contributed by atoms with E-state index in [-0.39, 0.29) is 12.6 Å². The fraction of sp³-hybridized carbons (Fsp3) is 0.353. The number of aromatic nitrogens is 1. The van der Waals surface area contributed by atoms with Crippen molar-refractivity contribution in [3.8, 4) is 0 Å². The molecule has 1 fully saturated rings. The summed E-state index contributed by atoms with van der Waals surface area (Å²) in [5, 5.41) is 0. The highest BCUT2D eigenvalue weighted by Gasteiger charge is 2.28. The molecule has 0 atom stereocenters. The fourth-order valence-electron chi connectivity index (χ4n) is 2.69. The van der Waals surface area contributed by atoms with Gasteiger partial charge in [0.25, 0.3) is 0 Å². The van der Waals surface area contributed by atoms with E-state index in [0.29, 0.717) is 17.4 Å². The second kappa shape index (κ2) is 5.28. The maximum Gasteiger partial charge on any atom is 0.355 e. The monoisotopic (exact) mass is 284 g/mol. The Labute approximate surface area is 124 Å². The van der Waals surface area contributed by atoms with Gasteiger partial charge in [-0.3, -0.25) is 0 Å². The lowest BCUT2D eigenvalue weighted by atomic mass is 10.1. The maximum atomic E-state index is 12.3. The molecule has 0 amide bonds. The molecule has 1 aliphatic carbocycles. The molecule has 21 heavy (non-hydrogen) atoms. The van der Waals surface area contributed by atoms with Gasteiger partial charge in [-0.2, -0.15) is 0 Å². The molecule has 1 aliphatic rings. The molecule has 1 saturated carbocycles. The zero-order chi connectivity index (χ0) is 15.0. The number of esters is 1. The summed E-state index contributed by atoms with van der Waals surface area (Å²) in [7, 11) is 0. The Morgan fingerprint density at radius 2 is 1.90 bits per heavy atom. The van der Waals surface area contributed by atoms with Crippen LogP contribution >= 0.6 is 0 Å². The molecule has 0 aliphatic heterocycles. The highest BCUT2D eigenvalue weighted by atomic mass is 16.5. The number of aryl methyl sites for hydroxylation is 2. The van der Waals surface area contributed by atoms with E-state index >= 15 is 0 Å². The van der Waals surface area contributed by atoms with Crippen molar-refractivity contribution in [3.05, 3.63) is 52.8 Å². The summed E-state index contributed by atoms with van der Waals surface area (Å²) in [6.45, 7) is 4.37. The Kier molecular flexibility index (Phi) is 3.45. The van der Waals surface area contributed by atoms with Gasteiger partial charge >= 0.3 is 5.97 Å². The molecule has 1 aromatic carbocycles. The molecule has 110 valence electrons. The molecule has 1 aromatic heterocycles. The lowest BCUT2D eigenvalue weighted by Gasteiger charge is -2.09. The molecule has 4 nitrogen and oxygen atoms in total. The van der Waals surface area contributed by atoms with Gasteiger partial charge in [0, 0.05) is 12.2 Å². The number of nitrogens with zero attached hydrogens (tertiary/aromatic N) is 1. The molecular weight excluding hydrogens is 264 g/mol. The average Bonchev–Trinajstić information content (AvgIpc) is 3.18. The van der Waals surface area contributed by atoms with Gasteiger partial charge in [-0.15, -0.1) is 0 Å². The van der Waals surface area contributed by atoms with Gasteiger partial charge in [0.05, 0.1) is 5.69 Å². The van der Waals surface area contributed by atoms with E-state index < -0.39 is 0 Å². The molecule has 0 bridgehead atoms. The summed E-state index contributed by atoms with van der Waals surface area (Å²) < 4.78 is 7.38. The van der Waals surface area contributed by atoms with Crippen LogP contribution in [-0.2, 0) is 11.3 Å². The summed E-state index contributed by atoms with van der Waals surface area (Å²) in [5.41, 5.74) is 10.3. The van der Waals surface area contributed by atoms with Gasteiger partial charge in [-0.1, -0.05) is 29.3 Å². The number of nitrogen functional groups attached to an aromatic ring is 1. The Hall–Kier alpha value is -2.23. The summed E-state index contributed by atoms with van der Waals surface area (Å²) in [5.74, 6) is -0.308. The molecule has 0 spiro atoms. The lowest BCUT2D eigenvalue weighted by molar-refractivity contribution is 0.0459. The first kappa shape index (κ1) is 13.7. The normalized spacial score (nSPS) is 14.2. The van der Waals surface area contributed by atoms with Crippen molar-refractivity contribution < 1.29 is 9.53 Å². The Balaban J connectivity index is 1.71. The summed E-state index contributed by atoms with van der Waals surface area (Å²) >= 11 is 0. The van der Waals surface area contributed by atoms with E-state index in [4.69, 9.17) is 10.5 Å². The van der Waals surface area contributed by atoms with Gasteiger partial charge in [0.1, 0.15) is 12.3 Å². The fourth-order valence-corrected chi connectivity index (χ4v) is 2.69. The van der Waals surface area contributed by atoms with Crippen molar-refractivity contribution in [1.29, 1.82) is 0 Å². The summed E-state index contributed by atoms with van der Waals surface area (Å²) in [6.07, 6.45) is 4.03. The van der Waals surface area contributed by atoms with Crippen LogP contribution in [0.25, 0.3) is 0 Å². The van der Waals surface area contributed by atoms with Crippen LogP contribution in [0, 0.1) is 13.8 Å². The highest BCUT2D eigenvalue weighted by Crippen LogP contribution is 2.37. The number of carbonyl (C=O) groups excluding carboxylic acids is 1. The lowest BCUT2D eigenvalue weighted by Crippen LogP contribution is -2.11. The standard InChI is InChI=1S/C17H20N2O2/c1-11-5-12(2)7-13(6-11)10-21-17(20)16-8-14(18)9-19(16)15-3-4-15/h5-9,15H,3-4,10,18H2,1-2H3. The van der Waals surface area contributed by atoms with Crippen molar-refractivity contribution in [2.45, 2.75) is 39.3 Å². The smallest absolute Gasteiger partial charge is 0.355 e. The second-order valence-electron chi connectivity index (χ2n) is 5.87. The molecule has 2 N–H and O–H groups in total. The van der Waals surface area contributed by atoms with Crippen LogP contribution in [-0.4, -0.2) is 10.5 Å². The Bertz CT molecular complexity index is 664. The first-order valence-electron chi connectivity index (χ1n) is 7.24. The third kappa shape index (κ3) is 3.10. The number of anilines is 1. The molecule has 0 radical (unpaired) electrons. The van der Waals surface area contributed by atoms with E-state index in [9.17, 15) is 4.79 Å². The number of hydrogen-bond acceptors (Lipinski definition) is 3. The molecule has 2 aromatic rings. The zero-order valence-corrected chi connectivity index (χ0v) is 12.4. The Morgan fingerprint density at radius 1 is 1.24 bits per heavy atom. The molecule has 0 saturated heterocycles. The van der Waals surface area contributed by atoms with Gasteiger partial charge in [0.2, 0.25) is 0 Å². The zero-order valence-electron chi connectivity index (χ0n) is 12.4.